The fraction of sp³-hybridized carbons (Fsp3) is 0.562. The maximum absolute atomic E-state index is 12.3. The van der Waals surface area contributed by atoms with Gasteiger partial charge in [-0.3, -0.25) is 4.79 Å². The molecule has 3 heteroatoms. The molecule has 19 heavy (non-hydrogen) atoms. The van der Waals surface area contributed by atoms with E-state index >= 15 is 0 Å². The summed E-state index contributed by atoms with van der Waals surface area (Å²) in [6.45, 7) is 1.97. The molecule has 1 aromatic rings. The maximum Gasteiger partial charge on any atom is 0.251 e. The van der Waals surface area contributed by atoms with Gasteiger partial charge in [0.1, 0.15) is 0 Å². The van der Waals surface area contributed by atoms with Crippen molar-refractivity contribution in [3.05, 3.63) is 34.9 Å². The van der Waals surface area contributed by atoms with Crippen LogP contribution in [0.25, 0.3) is 0 Å². The Morgan fingerprint density at radius 2 is 2.00 bits per heavy atom. The van der Waals surface area contributed by atoms with Crippen LogP contribution < -0.4 is 10.6 Å². The minimum Gasteiger partial charge on any atom is -0.348 e. The van der Waals surface area contributed by atoms with E-state index in [1.54, 1.807) is 0 Å². The Bertz CT molecular complexity index is 464. The molecule has 1 aliphatic heterocycles. The lowest BCUT2D eigenvalue weighted by atomic mass is 9.90. The first-order valence-electron chi connectivity index (χ1n) is 7.46. The average molecular weight is 258 g/mol. The zero-order valence-electron chi connectivity index (χ0n) is 11.4. The Kier molecular flexibility index (Phi) is 3.83. The van der Waals surface area contributed by atoms with Gasteiger partial charge in [-0.25, -0.2) is 0 Å². The lowest BCUT2D eigenvalue weighted by Crippen LogP contribution is -2.45. The van der Waals surface area contributed by atoms with Crippen LogP contribution in [0.15, 0.2) is 18.2 Å². The largest absolute Gasteiger partial charge is 0.348 e. The van der Waals surface area contributed by atoms with Gasteiger partial charge in [0.15, 0.2) is 0 Å². The molecule has 0 bridgehead atoms. The monoisotopic (exact) mass is 258 g/mol. The minimum absolute atomic E-state index is 0.0853. The van der Waals surface area contributed by atoms with Crippen molar-refractivity contribution in [2.24, 2.45) is 0 Å². The normalized spacial score (nSPS) is 22.6. The van der Waals surface area contributed by atoms with E-state index in [0.717, 1.165) is 37.9 Å². The molecule has 0 unspecified atom stereocenters. The first-order chi connectivity index (χ1) is 9.33. The van der Waals surface area contributed by atoms with Crippen LogP contribution in [-0.4, -0.2) is 25.0 Å². The van der Waals surface area contributed by atoms with Crippen LogP contribution in [0.5, 0.6) is 0 Å². The second kappa shape index (κ2) is 5.74. The second-order valence-corrected chi connectivity index (χ2v) is 5.71. The number of nitrogens with one attached hydrogen (secondary N) is 2. The topological polar surface area (TPSA) is 41.1 Å². The van der Waals surface area contributed by atoms with E-state index < -0.39 is 0 Å². The van der Waals surface area contributed by atoms with Crippen molar-refractivity contribution in [3.63, 3.8) is 0 Å². The fourth-order valence-corrected chi connectivity index (χ4v) is 3.12. The quantitative estimate of drug-likeness (QED) is 0.852. The van der Waals surface area contributed by atoms with Crippen molar-refractivity contribution in [2.75, 3.05) is 13.1 Å². The highest BCUT2D eigenvalue weighted by atomic mass is 16.1. The van der Waals surface area contributed by atoms with Gasteiger partial charge in [-0.1, -0.05) is 6.07 Å². The van der Waals surface area contributed by atoms with Gasteiger partial charge in [-0.15, -0.1) is 0 Å². The molecular weight excluding hydrogens is 236 g/mol. The third kappa shape index (κ3) is 2.98. The summed E-state index contributed by atoms with van der Waals surface area (Å²) in [6, 6.07) is 6.51. The molecule has 1 aromatic carbocycles. The Hall–Kier alpha value is -1.35. The summed E-state index contributed by atoms with van der Waals surface area (Å²) < 4.78 is 0. The lowest BCUT2D eigenvalue weighted by Gasteiger charge is -2.24. The zero-order chi connectivity index (χ0) is 13.1. The molecule has 1 saturated heterocycles. The van der Waals surface area contributed by atoms with Crippen LogP contribution in [0.3, 0.4) is 0 Å². The van der Waals surface area contributed by atoms with Crippen LogP contribution in [0, 0.1) is 0 Å². The first kappa shape index (κ1) is 12.7. The van der Waals surface area contributed by atoms with Crippen molar-refractivity contribution in [2.45, 2.75) is 44.6 Å². The van der Waals surface area contributed by atoms with Crippen LogP contribution in [-0.2, 0) is 12.8 Å². The lowest BCUT2D eigenvalue weighted by molar-refractivity contribution is 0.0930. The molecule has 2 aliphatic rings. The summed E-state index contributed by atoms with van der Waals surface area (Å²) in [4.78, 5) is 12.3. The number of rotatable bonds is 2. The molecule has 3 rings (SSSR count). The number of carbonyl (C=O) groups excluding carboxylic acids is 1. The highest BCUT2D eigenvalue weighted by Gasteiger charge is 2.17. The van der Waals surface area contributed by atoms with Crippen molar-refractivity contribution >= 4 is 5.91 Å². The number of fused-ring (bicyclic) bond motifs is 1. The van der Waals surface area contributed by atoms with Crippen LogP contribution in [0.1, 0.15) is 47.2 Å². The molecule has 0 saturated carbocycles. The summed E-state index contributed by atoms with van der Waals surface area (Å²) in [7, 11) is 0. The summed E-state index contributed by atoms with van der Waals surface area (Å²) in [5.41, 5.74) is 3.63. The van der Waals surface area contributed by atoms with E-state index in [0.29, 0.717) is 0 Å². The fourth-order valence-electron chi connectivity index (χ4n) is 3.12. The highest BCUT2D eigenvalue weighted by molar-refractivity contribution is 5.94. The number of hydrogen-bond acceptors (Lipinski definition) is 2. The second-order valence-electron chi connectivity index (χ2n) is 5.71. The third-order valence-electron chi connectivity index (χ3n) is 4.24. The van der Waals surface area contributed by atoms with Crippen molar-refractivity contribution in [1.29, 1.82) is 0 Å². The van der Waals surface area contributed by atoms with Gasteiger partial charge < -0.3 is 10.6 Å². The Morgan fingerprint density at radius 3 is 2.79 bits per heavy atom. The molecule has 2 N–H and O–H groups in total. The van der Waals surface area contributed by atoms with Gasteiger partial charge >= 0.3 is 0 Å². The molecule has 1 atom stereocenters. The number of piperidine rings is 1. The summed E-state index contributed by atoms with van der Waals surface area (Å²) in [5, 5.41) is 6.47. The van der Waals surface area contributed by atoms with Crippen LogP contribution in [0.4, 0.5) is 0 Å². The third-order valence-corrected chi connectivity index (χ3v) is 4.24. The van der Waals surface area contributed by atoms with Gasteiger partial charge in [-0.05, 0) is 68.3 Å². The molecule has 1 heterocycles. The summed E-state index contributed by atoms with van der Waals surface area (Å²) in [6.07, 6.45) is 7.07. The van der Waals surface area contributed by atoms with Crippen molar-refractivity contribution in [3.8, 4) is 0 Å². The van der Waals surface area contributed by atoms with Crippen LogP contribution >= 0.6 is 0 Å². The Labute approximate surface area is 114 Å². The standard InChI is InChI=1S/C16H22N2O/c19-16(18-15-6-3-9-17-11-15)14-8-7-12-4-1-2-5-13(12)10-14/h7-8,10,15,17H,1-6,9,11H2,(H,18,19)/t15-/m0/s1. The molecular formula is C16H22N2O. The van der Waals surface area contributed by atoms with E-state index in [-0.39, 0.29) is 11.9 Å². The number of amides is 1. The van der Waals surface area contributed by atoms with E-state index in [1.807, 2.05) is 6.07 Å². The van der Waals surface area contributed by atoms with Crippen molar-refractivity contribution in [1.82, 2.24) is 10.6 Å². The summed E-state index contributed by atoms with van der Waals surface area (Å²) in [5.74, 6) is 0.0853. The molecule has 0 spiro atoms. The van der Waals surface area contributed by atoms with E-state index in [2.05, 4.69) is 22.8 Å². The number of aryl methyl sites for hydroxylation is 2. The zero-order valence-corrected chi connectivity index (χ0v) is 11.4. The minimum atomic E-state index is 0.0853. The van der Waals surface area contributed by atoms with Gasteiger partial charge in [0.05, 0.1) is 0 Å². The number of hydrogen-bond donors (Lipinski definition) is 2. The highest BCUT2D eigenvalue weighted by Crippen LogP contribution is 2.22. The molecule has 1 amide bonds. The van der Waals surface area contributed by atoms with Gasteiger partial charge in [-0.2, -0.15) is 0 Å². The molecule has 0 radical (unpaired) electrons. The van der Waals surface area contributed by atoms with Crippen LogP contribution in [0.2, 0.25) is 0 Å². The average Bonchev–Trinajstić information content (AvgIpc) is 2.48. The van der Waals surface area contributed by atoms with E-state index in [1.165, 1.54) is 30.4 Å². The molecule has 0 aromatic heterocycles. The van der Waals surface area contributed by atoms with E-state index in [9.17, 15) is 4.79 Å². The smallest absolute Gasteiger partial charge is 0.251 e. The van der Waals surface area contributed by atoms with Gasteiger partial charge in [0.25, 0.3) is 5.91 Å². The molecule has 3 nitrogen and oxygen atoms in total. The Morgan fingerprint density at radius 1 is 1.16 bits per heavy atom. The van der Waals surface area contributed by atoms with Gasteiger partial charge in [0, 0.05) is 18.2 Å². The molecule has 102 valence electrons. The SMILES string of the molecule is O=C(N[C@H]1CCCNC1)c1ccc2c(c1)CCCC2. The number of carbonyl (C=O) groups is 1. The molecule has 1 fully saturated rings. The predicted molar refractivity (Wildman–Crippen MR) is 76.4 cm³/mol. The predicted octanol–water partition coefficient (Wildman–Crippen LogP) is 2.05. The maximum atomic E-state index is 12.3. The first-order valence-corrected chi connectivity index (χ1v) is 7.46. The van der Waals surface area contributed by atoms with Gasteiger partial charge in [0.2, 0.25) is 0 Å². The molecule has 1 aliphatic carbocycles. The number of benzene rings is 1. The van der Waals surface area contributed by atoms with E-state index in [4.69, 9.17) is 0 Å². The van der Waals surface area contributed by atoms with Crippen molar-refractivity contribution < 1.29 is 4.79 Å². The summed E-state index contributed by atoms with van der Waals surface area (Å²) >= 11 is 0. The Balaban J connectivity index is 1.69.